The third kappa shape index (κ3) is 5.17. The molecule has 3 aromatic rings. The van der Waals surface area contributed by atoms with Crippen molar-refractivity contribution in [1.29, 1.82) is 0 Å². The third-order valence-corrected chi connectivity index (χ3v) is 7.40. The zero-order chi connectivity index (χ0) is 22.0. The van der Waals surface area contributed by atoms with Gasteiger partial charge < -0.3 is 5.32 Å². The van der Waals surface area contributed by atoms with Crippen molar-refractivity contribution in [2.24, 2.45) is 5.92 Å². The monoisotopic (exact) mass is 455 g/mol. The summed E-state index contributed by atoms with van der Waals surface area (Å²) in [5.41, 5.74) is 2.56. The summed E-state index contributed by atoms with van der Waals surface area (Å²) in [5, 5.41) is 4.03. The number of carbonyl (C=O) groups excluding carboxylic acids is 1. The Kier molecular flexibility index (Phi) is 6.74. The zero-order valence-electron chi connectivity index (χ0n) is 17.9. The zero-order valence-corrected chi connectivity index (χ0v) is 19.5. The van der Waals surface area contributed by atoms with Gasteiger partial charge >= 0.3 is 0 Å². The summed E-state index contributed by atoms with van der Waals surface area (Å²) >= 11 is 3.41. The number of thiazole rings is 1. The smallest absolute Gasteiger partial charge is 0.225 e. The quantitative estimate of drug-likeness (QED) is 0.492. The van der Waals surface area contributed by atoms with Crippen molar-refractivity contribution in [3.05, 3.63) is 60.0 Å². The molecule has 2 aromatic carbocycles. The first-order chi connectivity index (χ1) is 14.9. The van der Waals surface area contributed by atoms with Crippen LogP contribution in [0.2, 0.25) is 0 Å². The Bertz CT molecular complexity index is 1060. The minimum Gasteiger partial charge on any atom is -0.359 e. The molecule has 1 fully saturated rings. The van der Waals surface area contributed by atoms with E-state index < -0.39 is 0 Å². The summed E-state index contributed by atoms with van der Waals surface area (Å²) in [6.45, 7) is 6.23. The maximum atomic E-state index is 14.7. The van der Waals surface area contributed by atoms with E-state index in [0.29, 0.717) is 30.4 Å². The Hall–Kier alpha value is -2.22. The number of amides is 1. The van der Waals surface area contributed by atoms with Crippen molar-refractivity contribution in [3.63, 3.8) is 0 Å². The highest BCUT2D eigenvalue weighted by molar-refractivity contribution is 7.99. The average molecular weight is 456 g/mol. The molecule has 4 nitrogen and oxygen atoms in total. The van der Waals surface area contributed by atoms with Crippen LogP contribution < -0.4 is 5.32 Å². The van der Waals surface area contributed by atoms with Gasteiger partial charge in [-0.3, -0.25) is 9.69 Å². The number of likely N-dealkylation sites (tertiary alicyclic amines) is 1. The maximum Gasteiger partial charge on any atom is 0.225 e. The van der Waals surface area contributed by atoms with Crippen LogP contribution in [0.3, 0.4) is 0 Å². The van der Waals surface area contributed by atoms with E-state index in [1.165, 1.54) is 4.90 Å². The molecule has 0 bridgehead atoms. The van der Waals surface area contributed by atoms with E-state index >= 15 is 0 Å². The number of benzene rings is 2. The topological polar surface area (TPSA) is 45.2 Å². The number of rotatable bonds is 7. The van der Waals surface area contributed by atoms with Crippen LogP contribution in [0.5, 0.6) is 0 Å². The van der Waals surface area contributed by atoms with Gasteiger partial charge in [0.15, 0.2) is 0 Å². The minimum atomic E-state index is -0.229. The second-order valence-electron chi connectivity index (χ2n) is 8.03. The molecule has 0 spiro atoms. The second-order valence-corrected chi connectivity index (χ2v) is 10.7. The number of thioether (sulfide) groups is 1. The Balaban J connectivity index is 1.42. The first kappa shape index (κ1) is 22.0. The van der Waals surface area contributed by atoms with Crippen molar-refractivity contribution in [1.82, 2.24) is 15.2 Å². The molecule has 1 aliphatic heterocycles. The largest absolute Gasteiger partial charge is 0.359 e. The lowest BCUT2D eigenvalue weighted by atomic mass is 9.98. The van der Waals surface area contributed by atoms with Crippen LogP contribution in [0.15, 0.2) is 53.6 Å². The van der Waals surface area contributed by atoms with E-state index in [1.54, 1.807) is 24.5 Å². The lowest BCUT2D eigenvalue weighted by Gasteiger charge is -2.38. The molecule has 0 unspecified atom stereocenters. The standard InChI is InChI=1S/C24H26FN3OS2/c1-15(2)30-20-8-6-16(7-9-20)22-11-27-24(31-22)17-4-5-18(21(25)10-17)12-28-13-19(14-28)23(29)26-3/h4-11,15,19H,12-14H2,1-3H3,(H,26,29). The van der Waals surface area contributed by atoms with Crippen LogP contribution in [-0.4, -0.2) is 41.2 Å². The normalized spacial score (nSPS) is 14.6. The fourth-order valence-corrected chi connectivity index (χ4v) is 5.38. The molecule has 31 heavy (non-hydrogen) atoms. The van der Waals surface area contributed by atoms with Gasteiger partial charge in [0.2, 0.25) is 5.91 Å². The van der Waals surface area contributed by atoms with Crippen molar-refractivity contribution in [2.75, 3.05) is 20.1 Å². The molecule has 4 rings (SSSR count). The Labute approximate surface area is 190 Å². The Morgan fingerprint density at radius 2 is 1.94 bits per heavy atom. The molecule has 0 saturated carbocycles. The number of hydrogen-bond donors (Lipinski definition) is 1. The second kappa shape index (κ2) is 9.51. The van der Waals surface area contributed by atoms with Crippen LogP contribution >= 0.6 is 23.1 Å². The van der Waals surface area contributed by atoms with Crippen molar-refractivity contribution in [2.45, 2.75) is 30.5 Å². The van der Waals surface area contributed by atoms with Crippen LogP contribution in [0.25, 0.3) is 21.0 Å². The number of halogens is 1. The van der Waals surface area contributed by atoms with Crippen LogP contribution in [0, 0.1) is 11.7 Å². The van der Waals surface area contributed by atoms with Gasteiger partial charge in [-0.25, -0.2) is 9.37 Å². The van der Waals surface area contributed by atoms with Crippen molar-refractivity contribution in [3.8, 4) is 21.0 Å². The fraction of sp³-hybridized carbons (Fsp3) is 0.333. The molecule has 2 heterocycles. The molecule has 1 aromatic heterocycles. The minimum absolute atomic E-state index is 0.0131. The van der Waals surface area contributed by atoms with E-state index in [4.69, 9.17) is 0 Å². The Morgan fingerprint density at radius 1 is 1.23 bits per heavy atom. The van der Waals surface area contributed by atoms with Gasteiger partial charge in [-0.15, -0.1) is 23.1 Å². The van der Waals surface area contributed by atoms with Gasteiger partial charge in [0.1, 0.15) is 10.8 Å². The molecular weight excluding hydrogens is 429 g/mol. The van der Waals surface area contributed by atoms with Crippen molar-refractivity contribution < 1.29 is 9.18 Å². The van der Waals surface area contributed by atoms with Crippen molar-refractivity contribution >= 4 is 29.0 Å². The van der Waals surface area contributed by atoms with Gasteiger partial charge in [0.25, 0.3) is 0 Å². The highest BCUT2D eigenvalue weighted by Crippen LogP contribution is 2.34. The van der Waals surface area contributed by atoms with Crippen LogP contribution in [-0.2, 0) is 11.3 Å². The molecule has 7 heteroatoms. The summed E-state index contributed by atoms with van der Waals surface area (Å²) in [6, 6.07) is 13.8. The van der Waals surface area contributed by atoms with Gasteiger partial charge in [-0.2, -0.15) is 0 Å². The number of aromatic nitrogens is 1. The molecule has 1 aliphatic rings. The predicted molar refractivity (Wildman–Crippen MR) is 127 cm³/mol. The summed E-state index contributed by atoms with van der Waals surface area (Å²) in [5.74, 6) is -0.160. The fourth-order valence-electron chi connectivity index (χ4n) is 3.63. The van der Waals surface area contributed by atoms with E-state index in [0.717, 1.165) is 21.0 Å². The van der Waals surface area contributed by atoms with E-state index in [2.05, 4.69) is 53.3 Å². The number of nitrogens with one attached hydrogen (secondary N) is 1. The van der Waals surface area contributed by atoms with E-state index in [9.17, 15) is 9.18 Å². The summed E-state index contributed by atoms with van der Waals surface area (Å²) in [7, 11) is 1.65. The molecule has 0 aliphatic carbocycles. The maximum absolute atomic E-state index is 14.7. The average Bonchev–Trinajstić information content (AvgIpc) is 3.21. The highest BCUT2D eigenvalue weighted by Gasteiger charge is 2.32. The van der Waals surface area contributed by atoms with Gasteiger partial charge in [-0.1, -0.05) is 38.1 Å². The lowest BCUT2D eigenvalue weighted by Crippen LogP contribution is -2.52. The molecular formula is C24H26FN3OS2. The summed E-state index contributed by atoms with van der Waals surface area (Å²) < 4.78 is 14.7. The van der Waals surface area contributed by atoms with Gasteiger partial charge in [0, 0.05) is 54.2 Å². The molecule has 0 radical (unpaired) electrons. The lowest BCUT2D eigenvalue weighted by molar-refractivity contribution is -0.129. The number of carbonyl (C=O) groups is 1. The molecule has 1 saturated heterocycles. The highest BCUT2D eigenvalue weighted by atomic mass is 32.2. The van der Waals surface area contributed by atoms with E-state index in [-0.39, 0.29) is 17.6 Å². The number of nitrogens with zero attached hydrogens (tertiary/aromatic N) is 2. The molecule has 1 N–H and O–H groups in total. The van der Waals surface area contributed by atoms with Crippen LogP contribution in [0.4, 0.5) is 4.39 Å². The SMILES string of the molecule is CNC(=O)C1CN(Cc2ccc(-c3ncc(-c4ccc(SC(C)C)cc4)s3)cc2F)C1. The van der Waals surface area contributed by atoms with E-state index in [1.807, 2.05) is 30.1 Å². The molecule has 0 atom stereocenters. The third-order valence-electron chi connectivity index (χ3n) is 5.28. The molecule has 162 valence electrons. The van der Waals surface area contributed by atoms with Crippen LogP contribution in [0.1, 0.15) is 19.4 Å². The van der Waals surface area contributed by atoms with Gasteiger partial charge in [0.05, 0.1) is 10.8 Å². The summed E-state index contributed by atoms with van der Waals surface area (Å²) in [6.07, 6.45) is 1.86. The number of hydrogen-bond acceptors (Lipinski definition) is 5. The molecule has 1 amide bonds. The van der Waals surface area contributed by atoms with Gasteiger partial charge in [-0.05, 0) is 23.8 Å². The predicted octanol–water partition coefficient (Wildman–Crippen LogP) is 5.29. The summed E-state index contributed by atoms with van der Waals surface area (Å²) in [4.78, 5) is 20.5. The Morgan fingerprint density at radius 3 is 2.58 bits per heavy atom. The first-order valence-electron chi connectivity index (χ1n) is 10.4. The first-order valence-corrected chi connectivity index (χ1v) is 12.1.